The van der Waals surface area contributed by atoms with Crippen molar-refractivity contribution in [3.8, 4) is 5.75 Å². The molecule has 0 heterocycles. The minimum absolute atomic E-state index is 0.0162. The zero-order valence-electron chi connectivity index (χ0n) is 9.24. The molecular weight excluding hydrogens is 228 g/mol. The summed E-state index contributed by atoms with van der Waals surface area (Å²) in [6, 6.07) is 6.89. The van der Waals surface area contributed by atoms with Crippen LogP contribution < -0.4 is 16.0 Å². The molecule has 0 aliphatic carbocycles. The molecule has 1 atom stereocenters. The van der Waals surface area contributed by atoms with Gasteiger partial charge in [-0.1, -0.05) is 31.5 Å². The van der Waals surface area contributed by atoms with Crippen LogP contribution in [0.15, 0.2) is 24.3 Å². The van der Waals surface area contributed by atoms with Gasteiger partial charge in [0.1, 0.15) is 5.75 Å². The van der Waals surface area contributed by atoms with Crippen molar-refractivity contribution < 1.29 is 9.53 Å². The van der Waals surface area contributed by atoms with Crippen LogP contribution in [0.3, 0.4) is 0 Å². The molecular formula is C11H15ClN2O2. The number of nitrogens with two attached hydrogens (primary N) is 1. The topological polar surface area (TPSA) is 64.3 Å². The SMILES string of the molecule is CC(C)C(Oc1cccc(Cl)c1)C(=O)NN. The summed E-state index contributed by atoms with van der Waals surface area (Å²) in [6.07, 6.45) is -0.622. The summed E-state index contributed by atoms with van der Waals surface area (Å²) in [4.78, 5) is 11.4. The van der Waals surface area contributed by atoms with Crippen LogP contribution in [0, 0.1) is 5.92 Å². The number of nitrogens with one attached hydrogen (secondary N) is 1. The third-order valence-corrected chi connectivity index (χ3v) is 2.30. The van der Waals surface area contributed by atoms with E-state index in [0.717, 1.165) is 0 Å². The molecule has 88 valence electrons. The monoisotopic (exact) mass is 242 g/mol. The molecule has 1 aromatic carbocycles. The average Bonchev–Trinajstić information content (AvgIpc) is 2.24. The molecule has 0 bridgehead atoms. The van der Waals surface area contributed by atoms with Gasteiger partial charge in [-0.25, -0.2) is 5.84 Å². The molecule has 1 aromatic rings. The molecule has 0 radical (unpaired) electrons. The van der Waals surface area contributed by atoms with Crippen LogP contribution in [0.5, 0.6) is 5.75 Å². The minimum Gasteiger partial charge on any atom is -0.480 e. The predicted octanol–water partition coefficient (Wildman–Crippen LogP) is 1.73. The number of ether oxygens (including phenoxy) is 1. The van der Waals surface area contributed by atoms with E-state index in [1.54, 1.807) is 24.3 Å². The third-order valence-electron chi connectivity index (χ3n) is 2.07. The van der Waals surface area contributed by atoms with Crippen molar-refractivity contribution in [2.45, 2.75) is 20.0 Å². The van der Waals surface area contributed by atoms with Crippen LogP contribution in [0.4, 0.5) is 0 Å². The van der Waals surface area contributed by atoms with Gasteiger partial charge in [-0.05, 0) is 24.1 Å². The fraction of sp³-hybridized carbons (Fsp3) is 0.364. The van der Waals surface area contributed by atoms with Crippen LogP contribution in [0.2, 0.25) is 5.02 Å². The second kappa shape index (κ2) is 5.72. The number of hydrogen-bond acceptors (Lipinski definition) is 3. The lowest BCUT2D eigenvalue weighted by Gasteiger charge is -2.20. The summed E-state index contributed by atoms with van der Waals surface area (Å²) in [7, 11) is 0. The molecule has 16 heavy (non-hydrogen) atoms. The van der Waals surface area contributed by atoms with Gasteiger partial charge in [0.2, 0.25) is 0 Å². The van der Waals surface area contributed by atoms with Crippen molar-refractivity contribution in [2.75, 3.05) is 0 Å². The standard InChI is InChI=1S/C11H15ClN2O2/c1-7(2)10(11(15)14-13)16-9-5-3-4-8(12)6-9/h3-7,10H,13H2,1-2H3,(H,14,15). The van der Waals surface area contributed by atoms with Crippen molar-refractivity contribution in [1.29, 1.82) is 0 Å². The summed E-state index contributed by atoms with van der Waals surface area (Å²) in [5.74, 6) is 5.30. The molecule has 0 aromatic heterocycles. The highest BCUT2D eigenvalue weighted by atomic mass is 35.5. The van der Waals surface area contributed by atoms with Crippen LogP contribution in [-0.2, 0) is 4.79 Å². The summed E-state index contributed by atoms with van der Waals surface area (Å²) in [5, 5.41) is 0.563. The van der Waals surface area contributed by atoms with E-state index in [4.69, 9.17) is 22.2 Å². The number of rotatable bonds is 4. The fourth-order valence-electron chi connectivity index (χ4n) is 1.26. The molecule has 5 heteroatoms. The summed E-state index contributed by atoms with van der Waals surface area (Å²) in [6.45, 7) is 3.76. The van der Waals surface area contributed by atoms with Gasteiger partial charge in [0.25, 0.3) is 5.91 Å². The molecule has 0 saturated heterocycles. The first-order valence-electron chi connectivity index (χ1n) is 4.97. The number of hydrazine groups is 1. The number of benzene rings is 1. The molecule has 0 saturated carbocycles. The number of carbonyl (C=O) groups is 1. The fourth-order valence-corrected chi connectivity index (χ4v) is 1.44. The maximum atomic E-state index is 11.4. The maximum Gasteiger partial charge on any atom is 0.275 e. The number of amides is 1. The smallest absolute Gasteiger partial charge is 0.275 e. The van der Waals surface area contributed by atoms with Gasteiger partial charge in [0.05, 0.1) is 0 Å². The van der Waals surface area contributed by atoms with Crippen LogP contribution in [0.25, 0.3) is 0 Å². The third kappa shape index (κ3) is 3.40. The highest BCUT2D eigenvalue weighted by Gasteiger charge is 2.23. The van der Waals surface area contributed by atoms with E-state index in [-0.39, 0.29) is 11.8 Å². The Balaban J connectivity index is 2.79. The molecule has 0 spiro atoms. The van der Waals surface area contributed by atoms with Gasteiger partial charge >= 0.3 is 0 Å². The van der Waals surface area contributed by atoms with Gasteiger partial charge in [0, 0.05) is 5.02 Å². The van der Waals surface area contributed by atoms with Gasteiger partial charge in [-0.3, -0.25) is 10.2 Å². The number of hydrogen-bond donors (Lipinski definition) is 2. The van der Waals surface area contributed by atoms with Gasteiger partial charge in [-0.15, -0.1) is 0 Å². The number of halogens is 1. The summed E-state index contributed by atoms with van der Waals surface area (Å²) < 4.78 is 5.53. The average molecular weight is 243 g/mol. The van der Waals surface area contributed by atoms with E-state index in [1.807, 2.05) is 13.8 Å². The van der Waals surface area contributed by atoms with Gasteiger partial charge in [0.15, 0.2) is 6.10 Å². The Hall–Kier alpha value is -1.26. The second-order valence-corrected chi connectivity index (χ2v) is 4.18. The zero-order valence-corrected chi connectivity index (χ0v) is 9.99. The Bertz CT molecular complexity index is 369. The Labute approximate surface area is 99.7 Å². The maximum absolute atomic E-state index is 11.4. The lowest BCUT2D eigenvalue weighted by Crippen LogP contribution is -2.44. The zero-order chi connectivity index (χ0) is 12.1. The quantitative estimate of drug-likeness (QED) is 0.480. The number of carbonyl (C=O) groups excluding carboxylic acids is 1. The van der Waals surface area contributed by atoms with E-state index in [0.29, 0.717) is 10.8 Å². The van der Waals surface area contributed by atoms with Crippen molar-refractivity contribution >= 4 is 17.5 Å². The highest BCUT2D eigenvalue weighted by Crippen LogP contribution is 2.20. The Morgan fingerprint density at radius 2 is 2.19 bits per heavy atom. The first kappa shape index (κ1) is 12.8. The molecule has 1 rings (SSSR count). The van der Waals surface area contributed by atoms with Crippen molar-refractivity contribution in [1.82, 2.24) is 5.43 Å². The Kier molecular flexibility index (Phi) is 4.58. The Morgan fingerprint density at radius 3 is 2.69 bits per heavy atom. The summed E-state index contributed by atoms with van der Waals surface area (Å²) >= 11 is 5.82. The van der Waals surface area contributed by atoms with Gasteiger partial charge < -0.3 is 4.74 Å². The first-order chi connectivity index (χ1) is 7.54. The van der Waals surface area contributed by atoms with Crippen LogP contribution in [0.1, 0.15) is 13.8 Å². The molecule has 1 unspecified atom stereocenters. The Morgan fingerprint density at radius 1 is 1.50 bits per heavy atom. The molecule has 0 aliphatic heterocycles. The van der Waals surface area contributed by atoms with E-state index in [2.05, 4.69) is 5.43 Å². The largest absolute Gasteiger partial charge is 0.480 e. The molecule has 0 fully saturated rings. The van der Waals surface area contributed by atoms with E-state index in [1.165, 1.54) is 0 Å². The van der Waals surface area contributed by atoms with E-state index < -0.39 is 6.10 Å². The lowest BCUT2D eigenvalue weighted by molar-refractivity contribution is -0.129. The van der Waals surface area contributed by atoms with Crippen molar-refractivity contribution in [3.63, 3.8) is 0 Å². The predicted molar refractivity (Wildman–Crippen MR) is 63.0 cm³/mol. The molecule has 0 aliphatic rings. The molecule has 3 N–H and O–H groups in total. The minimum atomic E-state index is -0.622. The normalized spacial score (nSPS) is 12.3. The highest BCUT2D eigenvalue weighted by molar-refractivity contribution is 6.30. The van der Waals surface area contributed by atoms with Gasteiger partial charge in [-0.2, -0.15) is 0 Å². The van der Waals surface area contributed by atoms with E-state index >= 15 is 0 Å². The molecule has 1 amide bonds. The van der Waals surface area contributed by atoms with Crippen LogP contribution in [-0.4, -0.2) is 12.0 Å². The lowest BCUT2D eigenvalue weighted by atomic mass is 10.1. The summed E-state index contributed by atoms with van der Waals surface area (Å²) in [5.41, 5.74) is 2.08. The second-order valence-electron chi connectivity index (χ2n) is 3.75. The first-order valence-corrected chi connectivity index (χ1v) is 5.35. The van der Waals surface area contributed by atoms with E-state index in [9.17, 15) is 4.79 Å². The van der Waals surface area contributed by atoms with Crippen LogP contribution >= 0.6 is 11.6 Å². The molecule has 4 nitrogen and oxygen atoms in total. The van der Waals surface area contributed by atoms with Crippen molar-refractivity contribution in [3.05, 3.63) is 29.3 Å². The van der Waals surface area contributed by atoms with Crippen molar-refractivity contribution in [2.24, 2.45) is 11.8 Å².